The van der Waals surface area contributed by atoms with E-state index in [0.29, 0.717) is 12.5 Å². The molecule has 0 aliphatic heterocycles. The van der Waals surface area contributed by atoms with Gasteiger partial charge in [-0.1, -0.05) is 13.8 Å². The van der Waals surface area contributed by atoms with Crippen molar-refractivity contribution in [2.75, 3.05) is 26.1 Å². The second kappa shape index (κ2) is 7.66. The van der Waals surface area contributed by atoms with Crippen LogP contribution in [0.25, 0.3) is 0 Å². The molecule has 0 aromatic rings. The molecule has 17 heavy (non-hydrogen) atoms. The normalized spacial score (nSPS) is 13.7. The van der Waals surface area contributed by atoms with Gasteiger partial charge in [-0.3, -0.25) is 4.79 Å². The van der Waals surface area contributed by atoms with E-state index in [1.54, 1.807) is 0 Å². The van der Waals surface area contributed by atoms with Crippen LogP contribution in [0.15, 0.2) is 0 Å². The third-order valence-electron chi connectivity index (χ3n) is 2.26. The molecule has 0 amide bonds. The second-order valence-corrected chi connectivity index (χ2v) is 6.97. The van der Waals surface area contributed by atoms with E-state index < -0.39 is 21.1 Å². The van der Waals surface area contributed by atoms with Gasteiger partial charge in [0.15, 0.2) is 9.84 Å². The number of hydrogen-bond acceptors (Lipinski definition) is 5. The summed E-state index contributed by atoms with van der Waals surface area (Å²) in [7, 11) is -2.05. The highest BCUT2D eigenvalue weighted by Crippen LogP contribution is 2.08. The average Bonchev–Trinajstić information content (AvgIpc) is 2.23. The number of hydrogen-bond donors (Lipinski definition) is 0. The number of esters is 1. The molecule has 0 heterocycles. The Kier molecular flexibility index (Phi) is 7.38. The third-order valence-corrected chi connectivity index (χ3v) is 4.39. The third kappa shape index (κ3) is 7.33. The van der Waals surface area contributed by atoms with Gasteiger partial charge in [0.25, 0.3) is 0 Å². The molecule has 0 N–H and O–H groups in total. The number of carbonyl (C=O) groups is 1. The van der Waals surface area contributed by atoms with E-state index in [4.69, 9.17) is 4.74 Å². The van der Waals surface area contributed by atoms with Gasteiger partial charge < -0.3 is 9.47 Å². The topological polar surface area (TPSA) is 69.7 Å². The van der Waals surface area contributed by atoms with Crippen molar-refractivity contribution in [2.24, 2.45) is 5.92 Å². The van der Waals surface area contributed by atoms with Crippen molar-refractivity contribution < 1.29 is 22.7 Å². The molecule has 0 bridgehead atoms. The highest BCUT2D eigenvalue weighted by molar-refractivity contribution is 7.92. The Hall–Kier alpha value is -0.620. The Morgan fingerprint density at radius 3 is 2.29 bits per heavy atom. The molecule has 6 heteroatoms. The summed E-state index contributed by atoms with van der Waals surface area (Å²) in [6, 6.07) is 0. The molecule has 0 aliphatic rings. The number of carbonyl (C=O) groups excluding carboxylic acids is 1. The molecule has 0 fully saturated rings. The van der Waals surface area contributed by atoms with E-state index in [2.05, 4.69) is 4.74 Å². The minimum Gasteiger partial charge on any atom is -0.469 e. The molecule has 0 aliphatic carbocycles. The van der Waals surface area contributed by atoms with Crippen LogP contribution < -0.4 is 0 Å². The van der Waals surface area contributed by atoms with Crippen LogP contribution in [0, 0.1) is 5.92 Å². The second-order valence-electron chi connectivity index (χ2n) is 4.43. The Labute approximate surface area is 103 Å². The summed E-state index contributed by atoms with van der Waals surface area (Å²) in [5, 5.41) is -0.724. The van der Waals surface area contributed by atoms with Gasteiger partial charge in [0.1, 0.15) is 0 Å². The smallest absolute Gasteiger partial charge is 0.306 e. The lowest BCUT2D eigenvalue weighted by atomic mass is 10.2. The zero-order valence-corrected chi connectivity index (χ0v) is 11.7. The molecule has 0 saturated carbocycles. The van der Waals surface area contributed by atoms with E-state index in [-0.39, 0.29) is 18.8 Å². The maximum absolute atomic E-state index is 11.7. The number of ether oxygens (including phenoxy) is 2. The molecular weight excluding hydrogens is 244 g/mol. The van der Waals surface area contributed by atoms with Crippen LogP contribution in [0.4, 0.5) is 0 Å². The zero-order chi connectivity index (χ0) is 13.5. The van der Waals surface area contributed by atoms with Gasteiger partial charge in [-0.2, -0.15) is 0 Å². The molecule has 0 rings (SSSR count). The Morgan fingerprint density at radius 1 is 1.24 bits per heavy atom. The predicted octanol–water partition coefficient (Wildman–Crippen LogP) is 1.03. The lowest BCUT2D eigenvalue weighted by Gasteiger charge is -2.12. The standard InChI is InChI=1S/C11H22O5S/c1-9(2)8-16-5-6-17(13,14)10(3)7-11(12)15-4/h9-10H,5-8H2,1-4H3. The van der Waals surface area contributed by atoms with E-state index in [9.17, 15) is 13.2 Å². The number of rotatable bonds is 8. The maximum atomic E-state index is 11.7. The Morgan fingerprint density at radius 2 is 1.82 bits per heavy atom. The fourth-order valence-corrected chi connectivity index (χ4v) is 2.28. The van der Waals surface area contributed by atoms with E-state index >= 15 is 0 Å². The summed E-state index contributed by atoms with van der Waals surface area (Å²) < 4.78 is 33.1. The van der Waals surface area contributed by atoms with Crippen LogP contribution in [0.1, 0.15) is 27.2 Å². The lowest BCUT2D eigenvalue weighted by Crippen LogP contribution is -2.26. The van der Waals surface area contributed by atoms with Crippen LogP contribution in [0.3, 0.4) is 0 Å². The summed E-state index contributed by atoms with van der Waals surface area (Å²) >= 11 is 0. The highest BCUT2D eigenvalue weighted by atomic mass is 32.2. The van der Waals surface area contributed by atoms with Crippen LogP contribution in [0.2, 0.25) is 0 Å². The average molecular weight is 266 g/mol. The van der Waals surface area contributed by atoms with Crippen LogP contribution >= 0.6 is 0 Å². The van der Waals surface area contributed by atoms with Crippen LogP contribution in [-0.2, 0) is 24.1 Å². The van der Waals surface area contributed by atoms with Crippen molar-refractivity contribution in [2.45, 2.75) is 32.4 Å². The first-order chi connectivity index (χ1) is 7.79. The Balaban J connectivity index is 4.06. The fourth-order valence-electron chi connectivity index (χ4n) is 1.14. The molecule has 0 aromatic heterocycles. The summed E-state index contributed by atoms with van der Waals surface area (Å²) in [4.78, 5) is 11.0. The highest BCUT2D eigenvalue weighted by Gasteiger charge is 2.23. The van der Waals surface area contributed by atoms with E-state index in [1.807, 2.05) is 13.8 Å². The first kappa shape index (κ1) is 16.4. The van der Waals surface area contributed by atoms with Crippen LogP contribution in [-0.4, -0.2) is 45.7 Å². The molecular formula is C11H22O5S. The number of sulfone groups is 1. The van der Waals surface area contributed by atoms with Gasteiger partial charge in [0.2, 0.25) is 0 Å². The van der Waals surface area contributed by atoms with Gasteiger partial charge in [0, 0.05) is 6.61 Å². The van der Waals surface area contributed by atoms with E-state index in [0.717, 1.165) is 0 Å². The fraction of sp³-hybridized carbons (Fsp3) is 0.909. The van der Waals surface area contributed by atoms with Gasteiger partial charge in [-0.25, -0.2) is 8.42 Å². The molecule has 1 atom stereocenters. The molecule has 0 aromatic carbocycles. The molecule has 1 unspecified atom stereocenters. The lowest BCUT2D eigenvalue weighted by molar-refractivity contribution is -0.140. The van der Waals surface area contributed by atoms with Crippen molar-refractivity contribution >= 4 is 15.8 Å². The minimum atomic E-state index is -3.29. The summed E-state index contributed by atoms with van der Waals surface area (Å²) in [5.74, 6) is -0.188. The quantitative estimate of drug-likeness (QED) is 0.484. The first-order valence-electron chi connectivity index (χ1n) is 5.65. The molecule has 0 spiro atoms. The van der Waals surface area contributed by atoms with E-state index in [1.165, 1.54) is 14.0 Å². The van der Waals surface area contributed by atoms with Crippen molar-refractivity contribution in [3.63, 3.8) is 0 Å². The molecule has 0 radical (unpaired) electrons. The van der Waals surface area contributed by atoms with Crippen LogP contribution in [0.5, 0.6) is 0 Å². The van der Waals surface area contributed by atoms with Crippen molar-refractivity contribution in [1.82, 2.24) is 0 Å². The van der Waals surface area contributed by atoms with Crippen molar-refractivity contribution in [1.29, 1.82) is 0 Å². The molecule has 0 saturated heterocycles. The molecule has 5 nitrogen and oxygen atoms in total. The zero-order valence-electron chi connectivity index (χ0n) is 10.9. The van der Waals surface area contributed by atoms with Crippen molar-refractivity contribution in [3.8, 4) is 0 Å². The molecule has 102 valence electrons. The summed E-state index contributed by atoms with van der Waals surface area (Å²) in [5.41, 5.74) is 0. The SMILES string of the molecule is COC(=O)CC(C)S(=O)(=O)CCOCC(C)C. The van der Waals surface area contributed by atoms with Gasteiger partial charge in [0.05, 0.1) is 31.1 Å². The predicted molar refractivity (Wildman–Crippen MR) is 65.5 cm³/mol. The van der Waals surface area contributed by atoms with Gasteiger partial charge in [-0.15, -0.1) is 0 Å². The Bertz CT molecular complexity index is 321. The number of methoxy groups -OCH3 is 1. The largest absolute Gasteiger partial charge is 0.469 e. The summed E-state index contributed by atoms with van der Waals surface area (Å²) in [6.45, 7) is 6.21. The maximum Gasteiger partial charge on any atom is 0.306 e. The monoisotopic (exact) mass is 266 g/mol. The van der Waals surface area contributed by atoms with Crippen molar-refractivity contribution in [3.05, 3.63) is 0 Å². The minimum absolute atomic E-state index is 0.0577. The summed E-state index contributed by atoms with van der Waals surface area (Å²) in [6.07, 6.45) is -0.108. The van der Waals surface area contributed by atoms with Gasteiger partial charge >= 0.3 is 5.97 Å². The van der Waals surface area contributed by atoms with Gasteiger partial charge in [-0.05, 0) is 12.8 Å². The first-order valence-corrected chi connectivity index (χ1v) is 7.37.